The fraction of sp³-hybridized carbons (Fsp3) is 0.125. The maximum atomic E-state index is 5.54. The Balaban J connectivity index is 1.62. The van der Waals surface area contributed by atoms with Crippen molar-refractivity contribution in [2.45, 2.75) is 6.92 Å². The third kappa shape index (κ3) is 3.50. The van der Waals surface area contributed by atoms with Gasteiger partial charge in [0.2, 0.25) is 0 Å². The molecule has 154 valence electrons. The molecule has 7 heteroatoms. The number of hydrogen-bond acceptors (Lipinski definition) is 6. The van der Waals surface area contributed by atoms with E-state index in [0.29, 0.717) is 18.1 Å². The number of aromatic nitrogens is 4. The molecular formula is C24H21N5O2. The van der Waals surface area contributed by atoms with Crippen LogP contribution in [0.3, 0.4) is 0 Å². The average Bonchev–Trinajstić information content (AvgIpc) is 3.25. The molecule has 0 unspecified atom stereocenters. The van der Waals surface area contributed by atoms with Gasteiger partial charge in [-0.15, -0.1) is 15.3 Å². The zero-order chi connectivity index (χ0) is 21.2. The second kappa shape index (κ2) is 7.95. The zero-order valence-corrected chi connectivity index (χ0v) is 17.2. The molecule has 0 bridgehead atoms. The maximum Gasteiger partial charge on any atom is 0.186 e. The minimum atomic E-state index is 0.636. The van der Waals surface area contributed by atoms with Gasteiger partial charge in [-0.3, -0.25) is 0 Å². The first-order valence-electron chi connectivity index (χ1n) is 10.1. The van der Waals surface area contributed by atoms with Crippen LogP contribution in [0.2, 0.25) is 0 Å². The molecule has 1 N–H and O–H groups in total. The van der Waals surface area contributed by atoms with Crippen LogP contribution in [0.25, 0.3) is 27.8 Å². The summed E-state index contributed by atoms with van der Waals surface area (Å²) >= 11 is 0. The van der Waals surface area contributed by atoms with Crippen molar-refractivity contribution >= 4 is 27.9 Å². The second-order valence-electron chi connectivity index (χ2n) is 6.96. The van der Waals surface area contributed by atoms with E-state index in [1.807, 2.05) is 79.7 Å². The number of rotatable bonds is 6. The van der Waals surface area contributed by atoms with Crippen molar-refractivity contribution in [1.82, 2.24) is 19.8 Å². The first-order valence-corrected chi connectivity index (χ1v) is 10.1. The van der Waals surface area contributed by atoms with E-state index in [0.717, 1.165) is 39.3 Å². The van der Waals surface area contributed by atoms with Crippen LogP contribution in [0.5, 0.6) is 11.5 Å². The molecule has 0 saturated carbocycles. The summed E-state index contributed by atoms with van der Waals surface area (Å²) in [5, 5.41) is 19.1. The molecule has 2 aromatic heterocycles. The highest BCUT2D eigenvalue weighted by molar-refractivity contribution is 6.01. The SMILES string of the molecule is CCOc1ccc(Nc2nn3c(-c4ccc(OC)cc4)nnc3c3ccccc23)cc1. The molecule has 0 fully saturated rings. The Morgan fingerprint density at radius 2 is 1.55 bits per heavy atom. The molecule has 5 rings (SSSR count). The molecule has 31 heavy (non-hydrogen) atoms. The van der Waals surface area contributed by atoms with Gasteiger partial charge in [-0.25, -0.2) is 0 Å². The normalized spacial score (nSPS) is 11.0. The molecule has 3 aromatic carbocycles. The van der Waals surface area contributed by atoms with Gasteiger partial charge in [-0.1, -0.05) is 24.3 Å². The van der Waals surface area contributed by atoms with Crippen molar-refractivity contribution in [3.8, 4) is 22.9 Å². The number of benzene rings is 3. The van der Waals surface area contributed by atoms with Gasteiger partial charge in [0.05, 0.1) is 13.7 Å². The third-order valence-electron chi connectivity index (χ3n) is 5.04. The Morgan fingerprint density at radius 1 is 0.839 bits per heavy atom. The van der Waals surface area contributed by atoms with E-state index in [-0.39, 0.29) is 0 Å². The van der Waals surface area contributed by atoms with Crippen LogP contribution >= 0.6 is 0 Å². The van der Waals surface area contributed by atoms with E-state index in [1.54, 1.807) is 11.6 Å². The predicted molar refractivity (Wildman–Crippen MR) is 121 cm³/mol. The van der Waals surface area contributed by atoms with E-state index in [2.05, 4.69) is 15.5 Å². The minimum Gasteiger partial charge on any atom is -0.497 e. The first kappa shape index (κ1) is 18.9. The van der Waals surface area contributed by atoms with Gasteiger partial charge < -0.3 is 14.8 Å². The summed E-state index contributed by atoms with van der Waals surface area (Å²) in [7, 11) is 1.65. The minimum absolute atomic E-state index is 0.636. The second-order valence-corrected chi connectivity index (χ2v) is 6.96. The third-order valence-corrected chi connectivity index (χ3v) is 5.04. The van der Waals surface area contributed by atoms with Crippen LogP contribution in [0.15, 0.2) is 72.8 Å². The van der Waals surface area contributed by atoms with Crippen LogP contribution in [-0.4, -0.2) is 33.5 Å². The number of fused-ring (bicyclic) bond motifs is 3. The lowest BCUT2D eigenvalue weighted by atomic mass is 10.1. The molecular weight excluding hydrogens is 390 g/mol. The topological polar surface area (TPSA) is 73.6 Å². The highest BCUT2D eigenvalue weighted by Gasteiger charge is 2.15. The molecule has 7 nitrogen and oxygen atoms in total. The van der Waals surface area contributed by atoms with Gasteiger partial charge in [0.25, 0.3) is 0 Å². The number of hydrogen-bond donors (Lipinski definition) is 1. The zero-order valence-electron chi connectivity index (χ0n) is 17.2. The lowest BCUT2D eigenvalue weighted by Crippen LogP contribution is -2.02. The van der Waals surface area contributed by atoms with Crippen LogP contribution in [0.4, 0.5) is 11.5 Å². The molecule has 0 atom stereocenters. The smallest absolute Gasteiger partial charge is 0.186 e. The number of anilines is 2. The van der Waals surface area contributed by atoms with E-state index < -0.39 is 0 Å². The summed E-state index contributed by atoms with van der Waals surface area (Å²) in [6, 6.07) is 23.6. The van der Waals surface area contributed by atoms with Crippen molar-refractivity contribution < 1.29 is 9.47 Å². The van der Waals surface area contributed by atoms with Gasteiger partial charge in [0.1, 0.15) is 11.5 Å². The van der Waals surface area contributed by atoms with E-state index in [9.17, 15) is 0 Å². The largest absolute Gasteiger partial charge is 0.497 e. The maximum absolute atomic E-state index is 5.54. The summed E-state index contributed by atoms with van der Waals surface area (Å²) in [6.07, 6.45) is 0. The summed E-state index contributed by atoms with van der Waals surface area (Å²) in [5.74, 6) is 3.01. The highest BCUT2D eigenvalue weighted by atomic mass is 16.5. The predicted octanol–water partition coefficient (Wildman–Crippen LogP) is 5.10. The molecule has 5 aromatic rings. The number of methoxy groups -OCH3 is 1. The monoisotopic (exact) mass is 411 g/mol. The lowest BCUT2D eigenvalue weighted by molar-refractivity contribution is 0.340. The van der Waals surface area contributed by atoms with Crippen LogP contribution < -0.4 is 14.8 Å². The van der Waals surface area contributed by atoms with E-state index in [4.69, 9.17) is 14.6 Å². The summed E-state index contributed by atoms with van der Waals surface area (Å²) in [5.41, 5.74) is 2.53. The fourth-order valence-corrected chi connectivity index (χ4v) is 3.53. The Hall–Kier alpha value is -4.13. The van der Waals surface area contributed by atoms with Crippen molar-refractivity contribution in [2.75, 3.05) is 19.0 Å². The van der Waals surface area contributed by atoms with Crippen molar-refractivity contribution in [2.24, 2.45) is 0 Å². The Morgan fingerprint density at radius 3 is 2.26 bits per heavy atom. The lowest BCUT2D eigenvalue weighted by Gasteiger charge is -2.11. The van der Waals surface area contributed by atoms with Gasteiger partial charge in [0, 0.05) is 22.0 Å². The number of nitrogens with one attached hydrogen (secondary N) is 1. The van der Waals surface area contributed by atoms with E-state index in [1.165, 1.54) is 0 Å². The molecule has 0 aliphatic heterocycles. The quantitative estimate of drug-likeness (QED) is 0.419. The van der Waals surface area contributed by atoms with E-state index >= 15 is 0 Å². The number of nitrogens with zero attached hydrogens (tertiary/aromatic N) is 4. The summed E-state index contributed by atoms with van der Waals surface area (Å²) in [6.45, 7) is 2.61. The summed E-state index contributed by atoms with van der Waals surface area (Å²) < 4.78 is 12.6. The molecule has 0 saturated heterocycles. The van der Waals surface area contributed by atoms with Crippen molar-refractivity contribution in [1.29, 1.82) is 0 Å². The molecule has 2 heterocycles. The molecule has 0 spiro atoms. The van der Waals surface area contributed by atoms with Gasteiger partial charge >= 0.3 is 0 Å². The Kier molecular flexibility index (Phi) is 4.84. The van der Waals surface area contributed by atoms with Crippen LogP contribution in [0.1, 0.15) is 6.92 Å². The molecule has 0 radical (unpaired) electrons. The molecule has 0 aliphatic carbocycles. The number of ether oxygens (including phenoxy) is 2. The van der Waals surface area contributed by atoms with Crippen molar-refractivity contribution in [3.05, 3.63) is 72.8 Å². The molecule has 0 amide bonds. The summed E-state index contributed by atoms with van der Waals surface area (Å²) in [4.78, 5) is 0. The Bertz CT molecular complexity index is 1340. The molecule has 0 aliphatic rings. The van der Waals surface area contributed by atoms with Gasteiger partial charge in [-0.2, -0.15) is 4.52 Å². The Labute approximate surface area is 179 Å². The van der Waals surface area contributed by atoms with Crippen LogP contribution in [0, 0.1) is 0 Å². The first-order chi connectivity index (χ1) is 15.3. The fourth-order valence-electron chi connectivity index (χ4n) is 3.53. The highest BCUT2D eigenvalue weighted by Crippen LogP contribution is 2.30. The van der Waals surface area contributed by atoms with Crippen molar-refractivity contribution in [3.63, 3.8) is 0 Å². The van der Waals surface area contributed by atoms with Crippen LogP contribution in [-0.2, 0) is 0 Å². The standard InChI is InChI=1S/C24H21N5O2/c1-3-31-19-14-10-17(11-15-19)25-22-20-6-4-5-7-21(20)24-27-26-23(29(24)28-22)16-8-12-18(30-2)13-9-16/h4-15H,3H2,1-2H3,(H,25,28). The van der Waals surface area contributed by atoms with Gasteiger partial charge in [-0.05, 0) is 55.5 Å². The van der Waals surface area contributed by atoms with Gasteiger partial charge in [0.15, 0.2) is 17.3 Å². The average molecular weight is 411 g/mol.